The molecule has 1 aromatic carbocycles. The van der Waals surface area contributed by atoms with E-state index >= 15 is 0 Å². The molecule has 144 valence electrons. The summed E-state index contributed by atoms with van der Waals surface area (Å²) in [5.41, 5.74) is 0. The minimum atomic E-state index is 0.0307. The quantitative estimate of drug-likeness (QED) is 0.756. The largest absolute Gasteiger partial charge is 0.490 e. The maximum Gasteiger partial charge on any atom is 0.231 e. The number of fused-ring (bicyclic) bond motifs is 1. The summed E-state index contributed by atoms with van der Waals surface area (Å²) in [7, 11) is 1.86. The summed E-state index contributed by atoms with van der Waals surface area (Å²) < 4.78 is 18.6. The van der Waals surface area contributed by atoms with Crippen LogP contribution in [0.5, 0.6) is 17.2 Å². The maximum atomic E-state index is 12.2. The van der Waals surface area contributed by atoms with Crippen molar-refractivity contribution in [2.24, 2.45) is 7.05 Å². The Morgan fingerprint density at radius 1 is 1.30 bits per heavy atom. The van der Waals surface area contributed by atoms with Crippen LogP contribution in [0, 0.1) is 0 Å². The van der Waals surface area contributed by atoms with E-state index in [1.807, 2.05) is 25.2 Å². The molecule has 1 fully saturated rings. The van der Waals surface area contributed by atoms with Gasteiger partial charge in [-0.25, -0.2) is 0 Å². The third kappa shape index (κ3) is 4.47. The van der Waals surface area contributed by atoms with E-state index in [1.54, 1.807) is 10.9 Å². The van der Waals surface area contributed by atoms with Crippen molar-refractivity contribution >= 4 is 17.7 Å². The zero-order valence-electron chi connectivity index (χ0n) is 15.1. The van der Waals surface area contributed by atoms with Gasteiger partial charge in [0, 0.05) is 19.2 Å². The molecule has 1 saturated carbocycles. The molecule has 1 aliphatic heterocycles. The Balaban J connectivity index is 1.19. The average Bonchev–Trinajstić information content (AvgIpc) is 3.30. The molecule has 0 bridgehead atoms. The van der Waals surface area contributed by atoms with E-state index in [0.29, 0.717) is 5.75 Å². The standard InChI is InChI=1S/C18H22N4O4S/c1-22-10-19-21-18(22)27-9-17(23)20-12-2-4-13(5-3-12)26-14-6-7-15-16(8-14)25-11-24-15/h6-8,10,12-13H,2-5,9,11H2,1H3,(H,20,23). The van der Waals surface area contributed by atoms with Crippen molar-refractivity contribution in [2.45, 2.75) is 43.0 Å². The number of carbonyl (C=O) groups excluding carboxylic acids is 1. The molecule has 0 saturated heterocycles. The number of aromatic nitrogens is 3. The lowest BCUT2D eigenvalue weighted by Crippen LogP contribution is -2.40. The number of hydrogen-bond donors (Lipinski definition) is 1. The van der Waals surface area contributed by atoms with E-state index in [0.717, 1.165) is 48.1 Å². The maximum absolute atomic E-state index is 12.2. The number of thioether (sulfide) groups is 1. The van der Waals surface area contributed by atoms with E-state index < -0.39 is 0 Å². The highest BCUT2D eigenvalue weighted by Gasteiger charge is 2.24. The molecule has 1 N–H and O–H groups in total. The van der Waals surface area contributed by atoms with Gasteiger partial charge in [-0.1, -0.05) is 11.8 Å². The Morgan fingerprint density at radius 2 is 2.11 bits per heavy atom. The van der Waals surface area contributed by atoms with Crippen molar-refractivity contribution in [3.8, 4) is 17.2 Å². The third-order valence-electron chi connectivity index (χ3n) is 4.69. The Morgan fingerprint density at radius 3 is 2.89 bits per heavy atom. The minimum absolute atomic E-state index is 0.0307. The van der Waals surface area contributed by atoms with Gasteiger partial charge < -0.3 is 24.1 Å². The van der Waals surface area contributed by atoms with Gasteiger partial charge in [-0.05, 0) is 37.8 Å². The van der Waals surface area contributed by atoms with Crippen molar-refractivity contribution in [3.05, 3.63) is 24.5 Å². The van der Waals surface area contributed by atoms with Crippen molar-refractivity contribution in [2.75, 3.05) is 12.5 Å². The Kier molecular flexibility index (Phi) is 5.38. The first kappa shape index (κ1) is 18.0. The highest BCUT2D eigenvalue weighted by molar-refractivity contribution is 7.99. The second-order valence-corrected chi connectivity index (χ2v) is 7.63. The van der Waals surface area contributed by atoms with Crippen LogP contribution >= 0.6 is 11.8 Å². The van der Waals surface area contributed by atoms with Crippen LogP contribution in [0.3, 0.4) is 0 Å². The Labute approximate surface area is 161 Å². The number of benzene rings is 1. The molecule has 2 aliphatic rings. The van der Waals surface area contributed by atoms with Crippen LogP contribution in [0.1, 0.15) is 25.7 Å². The molecule has 0 spiro atoms. The van der Waals surface area contributed by atoms with E-state index in [4.69, 9.17) is 14.2 Å². The lowest BCUT2D eigenvalue weighted by molar-refractivity contribution is -0.119. The number of hydrogen-bond acceptors (Lipinski definition) is 7. The molecular weight excluding hydrogens is 368 g/mol. The van der Waals surface area contributed by atoms with Gasteiger partial charge in [0.2, 0.25) is 12.7 Å². The van der Waals surface area contributed by atoms with E-state index in [9.17, 15) is 4.79 Å². The molecule has 2 aromatic rings. The monoisotopic (exact) mass is 390 g/mol. The highest BCUT2D eigenvalue weighted by atomic mass is 32.2. The number of carbonyl (C=O) groups is 1. The van der Waals surface area contributed by atoms with Crippen LogP contribution in [0.15, 0.2) is 29.7 Å². The summed E-state index contributed by atoms with van der Waals surface area (Å²) in [5.74, 6) is 2.66. The second-order valence-electron chi connectivity index (χ2n) is 6.69. The van der Waals surface area contributed by atoms with Gasteiger partial charge in [0.15, 0.2) is 16.7 Å². The molecule has 1 aromatic heterocycles. The fraction of sp³-hybridized carbons (Fsp3) is 0.500. The van der Waals surface area contributed by atoms with Crippen LogP contribution in [0.4, 0.5) is 0 Å². The molecule has 0 unspecified atom stereocenters. The normalized spacial score (nSPS) is 21.1. The molecule has 2 heterocycles. The SMILES string of the molecule is Cn1cnnc1SCC(=O)NC1CCC(Oc2ccc3c(c2)OCO3)CC1. The molecule has 1 aliphatic carbocycles. The first-order chi connectivity index (χ1) is 13.2. The number of nitrogens with one attached hydrogen (secondary N) is 1. The smallest absolute Gasteiger partial charge is 0.231 e. The molecule has 27 heavy (non-hydrogen) atoms. The zero-order chi connectivity index (χ0) is 18.6. The fourth-order valence-electron chi connectivity index (χ4n) is 3.27. The van der Waals surface area contributed by atoms with Crippen LogP contribution in [0.2, 0.25) is 0 Å². The van der Waals surface area contributed by atoms with Crippen LogP contribution in [-0.2, 0) is 11.8 Å². The number of amides is 1. The van der Waals surface area contributed by atoms with E-state index in [2.05, 4.69) is 15.5 Å². The lowest BCUT2D eigenvalue weighted by Gasteiger charge is -2.29. The summed E-state index contributed by atoms with van der Waals surface area (Å²) in [6.45, 7) is 0.262. The molecule has 8 nitrogen and oxygen atoms in total. The predicted molar refractivity (Wildman–Crippen MR) is 99.1 cm³/mol. The van der Waals surface area contributed by atoms with Gasteiger partial charge in [-0.3, -0.25) is 4.79 Å². The topological polar surface area (TPSA) is 87.5 Å². The van der Waals surface area contributed by atoms with E-state index in [1.165, 1.54) is 11.8 Å². The van der Waals surface area contributed by atoms with Crippen molar-refractivity contribution in [1.29, 1.82) is 0 Å². The first-order valence-electron chi connectivity index (χ1n) is 9.00. The number of nitrogens with zero attached hydrogens (tertiary/aromatic N) is 3. The predicted octanol–water partition coefficient (Wildman–Crippen LogP) is 2.14. The summed E-state index contributed by atoms with van der Waals surface area (Å²) in [6.07, 6.45) is 5.44. The third-order valence-corrected chi connectivity index (χ3v) is 5.72. The molecule has 0 atom stereocenters. The average molecular weight is 390 g/mol. The van der Waals surface area contributed by atoms with Crippen molar-refractivity contribution in [1.82, 2.24) is 20.1 Å². The van der Waals surface area contributed by atoms with Crippen LogP contribution < -0.4 is 19.5 Å². The van der Waals surface area contributed by atoms with Gasteiger partial charge in [0.25, 0.3) is 0 Å². The molecule has 4 rings (SSSR count). The molecule has 1 amide bonds. The van der Waals surface area contributed by atoms with Gasteiger partial charge in [0.1, 0.15) is 12.1 Å². The van der Waals surface area contributed by atoms with E-state index in [-0.39, 0.29) is 24.8 Å². The lowest BCUT2D eigenvalue weighted by atomic mass is 9.93. The number of ether oxygens (including phenoxy) is 3. The van der Waals surface area contributed by atoms with Crippen LogP contribution in [0.25, 0.3) is 0 Å². The Hall–Kier alpha value is -2.42. The van der Waals surface area contributed by atoms with Gasteiger partial charge in [-0.15, -0.1) is 10.2 Å². The minimum Gasteiger partial charge on any atom is -0.490 e. The number of rotatable bonds is 6. The summed E-state index contributed by atoms with van der Waals surface area (Å²) >= 11 is 1.39. The van der Waals surface area contributed by atoms with Gasteiger partial charge in [0.05, 0.1) is 11.9 Å². The summed E-state index contributed by atoms with van der Waals surface area (Å²) in [5, 5.41) is 11.6. The van der Waals surface area contributed by atoms with Gasteiger partial charge in [-0.2, -0.15) is 0 Å². The highest BCUT2D eigenvalue weighted by Crippen LogP contribution is 2.36. The van der Waals surface area contributed by atoms with Crippen molar-refractivity contribution in [3.63, 3.8) is 0 Å². The molecule has 0 radical (unpaired) electrons. The summed E-state index contributed by atoms with van der Waals surface area (Å²) in [4.78, 5) is 12.2. The Bertz CT molecular complexity index is 804. The zero-order valence-corrected chi connectivity index (χ0v) is 15.9. The molecular formula is C18H22N4O4S. The second kappa shape index (κ2) is 8.08. The van der Waals surface area contributed by atoms with Crippen LogP contribution in [-0.4, -0.2) is 45.4 Å². The van der Waals surface area contributed by atoms with Crippen molar-refractivity contribution < 1.29 is 19.0 Å². The first-order valence-corrected chi connectivity index (χ1v) is 9.98. The number of aryl methyl sites for hydroxylation is 1. The van der Waals surface area contributed by atoms with Gasteiger partial charge >= 0.3 is 0 Å². The fourth-order valence-corrected chi connectivity index (χ4v) is 3.97. The summed E-state index contributed by atoms with van der Waals surface area (Å²) in [6, 6.07) is 5.86. The molecule has 9 heteroatoms.